The van der Waals surface area contributed by atoms with Crippen molar-refractivity contribution in [1.82, 2.24) is 14.8 Å². The molecular formula is C22H23ClN4O2. The number of fused-ring (bicyclic) bond motifs is 1. The van der Waals surface area contributed by atoms with Crippen molar-refractivity contribution in [3.8, 4) is 5.75 Å². The highest BCUT2D eigenvalue weighted by Crippen LogP contribution is 2.42. The average molecular weight is 411 g/mol. The first kappa shape index (κ1) is 19.5. The number of benzene rings is 2. The van der Waals surface area contributed by atoms with Crippen LogP contribution < -0.4 is 9.64 Å². The molecule has 0 fully saturated rings. The van der Waals surface area contributed by atoms with E-state index >= 15 is 0 Å². The van der Waals surface area contributed by atoms with Crippen LogP contribution in [0.25, 0.3) is 0 Å². The standard InChI is InChI=1S/C22H23ClN4O2/c1-14(2)21(28)26-19(15-4-8-17(23)9-5-15)12-20(27-22(26)24-13-25-27)16-6-10-18(29-3)11-7-16/h4-11,13-14,19-20H,12H2,1-3H3/t19-,20+/m1/s1. The van der Waals surface area contributed by atoms with Crippen LogP contribution in [-0.4, -0.2) is 27.8 Å². The molecule has 0 radical (unpaired) electrons. The summed E-state index contributed by atoms with van der Waals surface area (Å²) >= 11 is 6.10. The molecule has 2 atom stereocenters. The molecule has 4 rings (SSSR count). The molecule has 2 aromatic carbocycles. The lowest BCUT2D eigenvalue weighted by Crippen LogP contribution is -2.44. The Labute approximate surface area is 175 Å². The molecular weight excluding hydrogens is 388 g/mol. The first-order valence-electron chi connectivity index (χ1n) is 9.61. The molecule has 150 valence electrons. The Balaban J connectivity index is 1.82. The van der Waals surface area contributed by atoms with Crippen molar-refractivity contribution < 1.29 is 9.53 Å². The summed E-state index contributed by atoms with van der Waals surface area (Å²) in [5, 5.41) is 5.12. The van der Waals surface area contributed by atoms with E-state index in [1.807, 2.05) is 67.1 Å². The Morgan fingerprint density at radius 2 is 1.69 bits per heavy atom. The summed E-state index contributed by atoms with van der Waals surface area (Å²) in [6.07, 6.45) is 2.19. The molecule has 0 N–H and O–H groups in total. The van der Waals surface area contributed by atoms with Gasteiger partial charge in [0.2, 0.25) is 11.9 Å². The number of hydrogen-bond donors (Lipinski definition) is 0. The van der Waals surface area contributed by atoms with E-state index in [-0.39, 0.29) is 23.9 Å². The van der Waals surface area contributed by atoms with Crippen LogP contribution in [0.15, 0.2) is 54.9 Å². The number of carbonyl (C=O) groups excluding carboxylic acids is 1. The third-order valence-corrected chi connectivity index (χ3v) is 5.56. The van der Waals surface area contributed by atoms with Crippen LogP contribution in [0.4, 0.5) is 5.95 Å². The molecule has 0 unspecified atom stereocenters. The van der Waals surface area contributed by atoms with Gasteiger partial charge >= 0.3 is 0 Å². The summed E-state index contributed by atoms with van der Waals surface area (Å²) in [6.45, 7) is 3.80. The van der Waals surface area contributed by atoms with Gasteiger partial charge in [0.1, 0.15) is 12.1 Å². The van der Waals surface area contributed by atoms with E-state index in [0.717, 1.165) is 16.9 Å². The maximum absolute atomic E-state index is 13.1. The van der Waals surface area contributed by atoms with Crippen LogP contribution in [-0.2, 0) is 4.79 Å². The van der Waals surface area contributed by atoms with Crippen molar-refractivity contribution in [3.05, 3.63) is 71.0 Å². The van der Waals surface area contributed by atoms with Crippen LogP contribution in [0.2, 0.25) is 5.02 Å². The molecule has 7 heteroatoms. The Hall–Kier alpha value is -2.86. The van der Waals surface area contributed by atoms with Gasteiger partial charge in [0.05, 0.1) is 19.2 Å². The summed E-state index contributed by atoms with van der Waals surface area (Å²) in [5.41, 5.74) is 2.12. The Bertz CT molecular complexity index is 998. The highest BCUT2D eigenvalue weighted by molar-refractivity contribution is 6.30. The van der Waals surface area contributed by atoms with Gasteiger partial charge in [0.15, 0.2) is 0 Å². The number of ether oxygens (including phenoxy) is 1. The molecule has 6 nitrogen and oxygen atoms in total. The van der Waals surface area contributed by atoms with Gasteiger partial charge in [0.25, 0.3) is 0 Å². The molecule has 29 heavy (non-hydrogen) atoms. The number of carbonyl (C=O) groups is 1. The van der Waals surface area contributed by atoms with Crippen molar-refractivity contribution in [3.63, 3.8) is 0 Å². The number of rotatable bonds is 4. The first-order chi connectivity index (χ1) is 14.0. The van der Waals surface area contributed by atoms with E-state index in [1.54, 1.807) is 12.0 Å². The number of anilines is 1. The monoisotopic (exact) mass is 410 g/mol. The molecule has 1 aliphatic heterocycles. The number of methoxy groups -OCH3 is 1. The lowest BCUT2D eigenvalue weighted by Gasteiger charge is -2.40. The zero-order valence-corrected chi connectivity index (χ0v) is 17.4. The quantitative estimate of drug-likeness (QED) is 0.627. The van der Waals surface area contributed by atoms with E-state index in [9.17, 15) is 4.79 Å². The van der Waals surface area contributed by atoms with Gasteiger partial charge in [-0.1, -0.05) is 49.7 Å². The molecule has 0 aliphatic carbocycles. The fourth-order valence-electron chi connectivity index (χ4n) is 3.80. The molecule has 1 amide bonds. The number of aromatic nitrogens is 3. The second kappa shape index (κ2) is 7.87. The number of hydrogen-bond acceptors (Lipinski definition) is 4. The zero-order valence-electron chi connectivity index (χ0n) is 16.6. The van der Waals surface area contributed by atoms with Crippen molar-refractivity contribution in [2.24, 2.45) is 5.92 Å². The van der Waals surface area contributed by atoms with Crippen molar-refractivity contribution in [1.29, 1.82) is 0 Å². The zero-order chi connectivity index (χ0) is 20.5. The molecule has 1 aliphatic rings. The summed E-state index contributed by atoms with van der Waals surface area (Å²) < 4.78 is 7.13. The second-order valence-corrected chi connectivity index (χ2v) is 7.90. The van der Waals surface area contributed by atoms with Crippen LogP contribution in [0, 0.1) is 5.92 Å². The third-order valence-electron chi connectivity index (χ3n) is 5.31. The molecule has 1 aromatic heterocycles. The molecule has 0 spiro atoms. The number of halogens is 1. The van der Waals surface area contributed by atoms with Gasteiger partial charge in [-0.15, -0.1) is 0 Å². The average Bonchev–Trinajstić information content (AvgIpc) is 3.22. The largest absolute Gasteiger partial charge is 0.497 e. The fourth-order valence-corrected chi connectivity index (χ4v) is 3.92. The van der Waals surface area contributed by atoms with Gasteiger partial charge < -0.3 is 4.74 Å². The Morgan fingerprint density at radius 1 is 1.07 bits per heavy atom. The van der Waals surface area contributed by atoms with Gasteiger partial charge in [-0.05, 0) is 41.8 Å². The number of amides is 1. The summed E-state index contributed by atoms with van der Waals surface area (Å²) in [5.74, 6) is 1.23. The van der Waals surface area contributed by atoms with E-state index < -0.39 is 0 Å². The molecule has 0 bridgehead atoms. The van der Waals surface area contributed by atoms with E-state index in [1.165, 1.54) is 6.33 Å². The summed E-state index contributed by atoms with van der Waals surface area (Å²) in [4.78, 5) is 19.4. The normalized spacial score (nSPS) is 18.6. The second-order valence-electron chi connectivity index (χ2n) is 7.46. The molecule has 0 saturated heterocycles. The topological polar surface area (TPSA) is 60.2 Å². The lowest BCUT2D eigenvalue weighted by atomic mass is 9.91. The van der Waals surface area contributed by atoms with Gasteiger partial charge in [-0.2, -0.15) is 10.1 Å². The fraction of sp³-hybridized carbons (Fsp3) is 0.318. The maximum atomic E-state index is 13.1. The summed E-state index contributed by atoms with van der Waals surface area (Å²) in [7, 11) is 1.65. The predicted molar refractivity (Wildman–Crippen MR) is 112 cm³/mol. The Morgan fingerprint density at radius 3 is 2.31 bits per heavy atom. The minimum absolute atomic E-state index is 0.0207. The third kappa shape index (κ3) is 3.60. The SMILES string of the molecule is COc1ccc([C@@H]2C[C@H](c3ccc(Cl)cc3)N(C(=O)C(C)C)c3ncnn32)cc1. The first-order valence-corrected chi connectivity index (χ1v) is 9.99. The van der Waals surface area contributed by atoms with E-state index in [2.05, 4.69) is 10.1 Å². The number of nitrogens with zero attached hydrogens (tertiary/aromatic N) is 4. The minimum atomic E-state index is -0.161. The predicted octanol–water partition coefficient (Wildman–Crippen LogP) is 4.66. The molecule has 0 saturated carbocycles. The minimum Gasteiger partial charge on any atom is -0.497 e. The highest BCUT2D eigenvalue weighted by Gasteiger charge is 2.39. The van der Waals surface area contributed by atoms with Crippen LogP contribution >= 0.6 is 11.6 Å². The lowest BCUT2D eigenvalue weighted by molar-refractivity contribution is -0.122. The molecule has 3 aromatic rings. The van der Waals surface area contributed by atoms with E-state index in [4.69, 9.17) is 16.3 Å². The van der Waals surface area contributed by atoms with Gasteiger partial charge in [0, 0.05) is 10.9 Å². The summed E-state index contributed by atoms with van der Waals surface area (Å²) in [6, 6.07) is 15.4. The highest BCUT2D eigenvalue weighted by atomic mass is 35.5. The smallest absolute Gasteiger partial charge is 0.232 e. The van der Waals surface area contributed by atoms with Crippen LogP contribution in [0.3, 0.4) is 0 Å². The molecule has 2 heterocycles. The van der Waals surface area contributed by atoms with Crippen molar-refractivity contribution in [2.75, 3.05) is 12.0 Å². The van der Waals surface area contributed by atoms with Crippen molar-refractivity contribution >= 4 is 23.5 Å². The maximum Gasteiger partial charge on any atom is 0.232 e. The van der Waals surface area contributed by atoms with Crippen LogP contribution in [0.5, 0.6) is 5.75 Å². The Kier molecular flexibility index (Phi) is 5.28. The van der Waals surface area contributed by atoms with E-state index in [0.29, 0.717) is 17.4 Å². The van der Waals surface area contributed by atoms with Gasteiger partial charge in [-0.25, -0.2) is 4.68 Å². The van der Waals surface area contributed by atoms with Gasteiger partial charge in [-0.3, -0.25) is 9.69 Å². The van der Waals surface area contributed by atoms with Crippen molar-refractivity contribution in [2.45, 2.75) is 32.4 Å². The van der Waals surface area contributed by atoms with Crippen LogP contribution in [0.1, 0.15) is 43.5 Å².